The average molecular weight is 887 g/mol. The molecule has 1 unspecified atom stereocenters. The maximum Gasteiger partial charge on any atom is 0.122 e. The van der Waals surface area contributed by atoms with Gasteiger partial charge in [-0.3, -0.25) is 5.41 Å². The van der Waals surface area contributed by atoms with Gasteiger partial charge in [0.05, 0.1) is 5.41 Å². The molecule has 2 aliphatic rings. The molecule has 2 heteroatoms. The molecule has 10 aromatic carbocycles. The van der Waals surface area contributed by atoms with Crippen LogP contribution in [0.3, 0.4) is 0 Å². The Morgan fingerprint density at radius 3 is 1.39 bits per heavy atom. The summed E-state index contributed by atoms with van der Waals surface area (Å²) in [7, 11) is 0. The summed E-state index contributed by atoms with van der Waals surface area (Å²) in [6, 6.07) is 92.8. The molecule has 2 aliphatic carbocycles. The molecule has 0 saturated carbocycles. The maximum atomic E-state index is 7.29. The van der Waals surface area contributed by atoms with Gasteiger partial charge in [0.15, 0.2) is 0 Å². The first-order valence-electron chi connectivity index (χ1n) is 24.0. The Balaban J connectivity index is 0.000000296. The van der Waals surface area contributed by atoms with E-state index in [1.54, 1.807) is 0 Å². The highest BCUT2D eigenvalue weighted by Gasteiger charge is 2.53. The standard InChI is InChI=1S/C54H42.C13H12N2/c1-53(2)46-24-12-14-26-48(46)54(49-27-15-13-25-47(49)53)45-34-33-43(36-44(45)52-42(23-16-28-50(52)54)35-37-17-6-3-7-18-37)51(40-21-10-5-11-22-40)41-31-29-39(30-32-41)38-19-8-4-9-20-38;14-13(15)12-8-6-11(7-9-12)10-4-2-1-3-5-10/h3-34,36,51H,35H2,1-2H3;1-9H,(H3,14,15). The molecule has 0 heterocycles. The van der Waals surface area contributed by atoms with Crippen molar-refractivity contribution in [3.8, 4) is 33.4 Å². The molecule has 0 aliphatic heterocycles. The number of hydrogen-bond donors (Lipinski definition) is 2. The summed E-state index contributed by atoms with van der Waals surface area (Å²) in [6.45, 7) is 4.80. The van der Waals surface area contributed by atoms with E-state index in [0.29, 0.717) is 0 Å². The highest BCUT2D eigenvalue weighted by molar-refractivity contribution is 5.95. The molecule has 3 N–H and O–H groups in total. The molecule has 0 aromatic heterocycles. The number of nitrogens with one attached hydrogen (secondary N) is 1. The zero-order valence-electron chi connectivity index (χ0n) is 39.1. The van der Waals surface area contributed by atoms with Crippen LogP contribution in [0.2, 0.25) is 0 Å². The van der Waals surface area contributed by atoms with Gasteiger partial charge in [0.1, 0.15) is 5.84 Å². The molecule has 69 heavy (non-hydrogen) atoms. The second-order valence-electron chi connectivity index (χ2n) is 19.0. The van der Waals surface area contributed by atoms with Crippen LogP contribution in [0.4, 0.5) is 0 Å². The topological polar surface area (TPSA) is 49.9 Å². The van der Waals surface area contributed by atoms with Gasteiger partial charge in [-0.05, 0) is 107 Å². The van der Waals surface area contributed by atoms with Gasteiger partial charge in [0, 0.05) is 16.9 Å². The van der Waals surface area contributed by atoms with Crippen LogP contribution in [-0.4, -0.2) is 5.84 Å². The lowest BCUT2D eigenvalue weighted by molar-refractivity contribution is 0.563. The van der Waals surface area contributed by atoms with Crippen molar-refractivity contribution in [2.45, 2.75) is 37.0 Å². The summed E-state index contributed by atoms with van der Waals surface area (Å²) in [5.41, 5.74) is 28.1. The van der Waals surface area contributed by atoms with Crippen LogP contribution in [0.15, 0.2) is 255 Å². The summed E-state index contributed by atoms with van der Waals surface area (Å²) in [6.07, 6.45) is 0.877. The summed E-state index contributed by atoms with van der Waals surface area (Å²) >= 11 is 0. The quantitative estimate of drug-likeness (QED) is 0.0891. The van der Waals surface area contributed by atoms with Crippen molar-refractivity contribution in [2.75, 3.05) is 0 Å². The van der Waals surface area contributed by atoms with E-state index >= 15 is 0 Å². The largest absolute Gasteiger partial charge is 0.384 e. The molecule has 0 fully saturated rings. The third-order valence-corrected chi connectivity index (χ3v) is 14.6. The van der Waals surface area contributed by atoms with E-state index in [1.165, 1.54) is 89.0 Å². The van der Waals surface area contributed by atoms with E-state index in [9.17, 15) is 0 Å². The molecule has 1 atom stereocenters. The Morgan fingerprint density at radius 2 is 0.841 bits per heavy atom. The van der Waals surface area contributed by atoms with Crippen molar-refractivity contribution in [3.05, 3.63) is 322 Å². The summed E-state index contributed by atoms with van der Waals surface area (Å²) in [5.74, 6) is 0.182. The van der Waals surface area contributed by atoms with E-state index in [2.05, 4.69) is 226 Å². The number of amidine groups is 1. The number of nitrogen functional groups attached to an aromatic ring is 1. The van der Waals surface area contributed by atoms with Gasteiger partial charge in [-0.15, -0.1) is 0 Å². The summed E-state index contributed by atoms with van der Waals surface area (Å²) < 4.78 is 0. The fraction of sp³-hybridized carbons (Fsp3) is 0.0896. The van der Waals surface area contributed by atoms with E-state index in [-0.39, 0.29) is 17.2 Å². The van der Waals surface area contributed by atoms with Crippen LogP contribution in [-0.2, 0) is 17.3 Å². The number of fused-ring (bicyclic) bond motifs is 9. The van der Waals surface area contributed by atoms with Gasteiger partial charge >= 0.3 is 0 Å². The second-order valence-corrected chi connectivity index (χ2v) is 19.0. The van der Waals surface area contributed by atoms with Crippen molar-refractivity contribution in [1.82, 2.24) is 0 Å². The molecular weight excluding hydrogens is 833 g/mol. The van der Waals surface area contributed by atoms with E-state index in [1.807, 2.05) is 42.5 Å². The second kappa shape index (κ2) is 18.1. The summed E-state index contributed by atoms with van der Waals surface area (Å²) in [5, 5.41) is 7.29. The predicted molar refractivity (Wildman–Crippen MR) is 287 cm³/mol. The Bertz CT molecular complexity index is 3380. The highest BCUT2D eigenvalue weighted by Crippen LogP contribution is 2.63. The van der Waals surface area contributed by atoms with E-state index in [4.69, 9.17) is 11.1 Å². The van der Waals surface area contributed by atoms with Crippen LogP contribution >= 0.6 is 0 Å². The average Bonchev–Trinajstić information content (AvgIpc) is 3.70. The number of nitrogens with two attached hydrogens (primary N) is 1. The van der Waals surface area contributed by atoms with Gasteiger partial charge in [0.25, 0.3) is 0 Å². The van der Waals surface area contributed by atoms with Crippen molar-refractivity contribution in [1.29, 1.82) is 5.41 Å². The number of rotatable bonds is 8. The normalized spacial score (nSPS) is 13.7. The van der Waals surface area contributed by atoms with Crippen molar-refractivity contribution in [3.63, 3.8) is 0 Å². The van der Waals surface area contributed by atoms with Crippen LogP contribution in [0.1, 0.15) is 86.5 Å². The van der Waals surface area contributed by atoms with Gasteiger partial charge in [0.2, 0.25) is 0 Å². The lowest BCUT2D eigenvalue weighted by Crippen LogP contribution is -2.40. The Labute approximate surface area is 407 Å². The van der Waals surface area contributed by atoms with Gasteiger partial charge in [-0.25, -0.2) is 0 Å². The van der Waals surface area contributed by atoms with Gasteiger partial charge in [-0.2, -0.15) is 0 Å². The third-order valence-electron chi connectivity index (χ3n) is 14.6. The molecule has 0 radical (unpaired) electrons. The monoisotopic (exact) mass is 886 g/mol. The lowest BCUT2D eigenvalue weighted by Gasteiger charge is -2.46. The highest BCUT2D eigenvalue weighted by atomic mass is 14.7. The summed E-state index contributed by atoms with van der Waals surface area (Å²) in [4.78, 5) is 0. The fourth-order valence-electron chi connectivity index (χ4n) is 11.4. The Hall–Kier alpha value is -8.33. The molecule has 2 nitrogen and oxygen atoms in total. The SMILES string of the molecule is CC1(C)c2ccccc2C2(c3ccc(C(c4ccccc4)c4ccc(-c5ccccc5)cc4)cc3-c3c(Cc4ccccc4)cccc32)c2ccccc21.N=C(N)c1ccc(-c2ccccc2)cc1. The first kappa shape index (κ1) is 43.3. The molecule has 0 bridgehead atoms. The van der Waals surface area contributed by atoms with Crippen molar-refractivity contribution in [2.24, 2.45) is 5.73 Å². The van der Waals surface area contributed by atoms with Crippen LogP contribution in [0.5, 0.6) is 0 Å². The van der Waals surface area contributed by atoms with E-state index < -0.39 is 5.41 Å². The predicted octanol–water partition coefficient (Wildman–Crippen LogP) is 15.8. The molecule has 10 aromatic rings. The third kappa shape index (κ3) is 7.69. The maximum absolute atomic E-state index is 7.29. The zero-order chi connectivity index (χ0) is 47.0. The molecule has 12 rings (SSSR count). The van der Waals surface area contributed by atoms with Crippen molar-refractivity contribution < 1.29 is 0 Å². The first-order chi connectivity index (χ1) is 33.8. The molecule has 1 spiro atoms. The van der Waals surface area contributed by atoms with Crippen LogP contribution in [0.25, 0.3) is 33.4 Å². The van der Waals surface area contributed by atoms with E-state index in [0.717, 1.165) is 17.5 Å². The minimum Gasteiger partial charge on any atom is -0.384 e. The van der Waals surface area contributed by atoms with Crippen molar-refractivity contribution >= 4 is 5.84 Å². The number of hydrogen-bond acceptors (Lipinski definition) is 1. The Kier molecular flexibility index (Phi) is 11.3. The molecule has 0 saturated heterocycles. The van der Waals surface area contributed by atoms with Crippen LogP contribution < -0.4 is 5.73 Å². The van der Waals surface area contributed by atoms with Gasteiger partial charge in [-0.1, -0.05) is 263 Å². The van der Waals surface area contributed by atoms with Crippen LogP contribution in [0, 0.1) is 5.41 Å². The number of benzene rings is 10. The zero-order valence-corrected chi connectivity index (χ0v) is 39.1. The minimum absolute atomic E-state index is 0.0764. The molecule has 0 amide bonds. The lowest BCUT2D eigenvalue weighted by atomic mass is 9.55. The first-order valence-corrected chi connectivity index (χ1v) is 24.0. The Morgan fingerprint density at radius 1 is 0.406 bits per heavy atom. The van der Waals surface area contributed by atoms with Gasteiger partial charge < -0.3 is 5.73 Å². The smallest absolute Gasteiger partial charge is 0.122 e. The molecular formula is C67H54N2. The fourth-order valence-corrected chi connectivity index (χ4v) is 11.4. The minimum atomic E-state index is -0.432. The molecule has 332 valence electrons.